The molecular weight excluding hydrogens is 668 g/mol. The fraction of sp³-hybridized carbons (Fsp3) is 0.200. The third kappa shape index (κ3) is 6.40. The first kappa shape index (κ1) is 31.0. The summed E-state index contributed by atoms with van der Waals surface area (Å²) in [5.41, 5.74) is 4.87. The smallest absolute Gasteiger partial charge is 0.338 e. The average Bonchev–Trinajstić information content (AvgIpc) is 3.60. The summed E-state index contributed by atoms with van der Waals surface area (Å²) in [5, 5.41) is 4.92. The van der Waals surface area contributed by atoms with Gasteiger partial charge in [0.05, 0.1) is 39.8 Å². The van der Waals surface area contributed by atoms with E-state index in [2.05, 4.69) is 15.9 Å². The summed E-state index contributed by atoms with van der Waals surface area (Å²) in [7, 11) is 0. The maximum atomic E-state index is 14.3. The standard InChI is InChI=1S/C35H31BrN4O3S2/c1-21(2)20-43-34(42)30-22(3)37-35-40(32(30)24-12-16-28(44-4)17-13-24)33(41)29(45-35)18-25-19-39(27-8-6-5-7-9-27)38-31(25)23-10-14-26(36)15-11-23/h5-19,21,32H,20H2,1-4H3. The Morgan fingerprint density at radius 3 is 2.44 bits per heavy atom. The van der Waals surface area contributed by atoms with Gasteiger partial charge in [0.2, 0.25) is 0 Å². The van der Waals surface area contributed by atoms with Gasteiger partial charge in [-0.25, -0.2) is 14.5 Å². The van der Waals surface area contributed by atoms with Crippen molar-refractivity contribution in [1.82, 2.24) is 14.3 Å². The summed E-state index contributed by atoms with van der Waals surface area (Å²) in [5.74, 6) is -0.285. The molecule has 0 saturated heterocycles. The molecule has 0 N–H and O–H groups in total. The van der Waals surface area contributed by atoms with Crippen molar-refractivity contribution < 1.29 is 9.53 Å². The molecule has 7 nitrogen and oxygen atoms in total. The van der Waals surface area contributed by atoms with Crippen LogP contribution < -0.4 is 14.9 Å². The number of para-hydroxylation sites is 1. The Hall–Kier alpha value is -3.99. The predicted molar refractivity (Wildman–Crippen MR) is 184 cm³/mol. The molecule has 1 atom stereocenters. The zero-order valence-corrected chi connectivity index (χ0v) is 28.4. The van der Waals surface area contributed by atoms with Crippen LogP contribution in [0, 0.1) is 5.92 Å². The van der Waals surface area contributed by atoms with Crippen molar-refractivity contribution >= 4 is 51.1 Å². The van der Waals surface area contributed by atoms with Crippen LogP contribution >= 0.6 is 39.0 Å². The number of hydrogen-bond acceptors (Lipinski definition) is 7. The number of nitrogens with zero attached hydrogens (tertiary/aromatic N) is 4. The van der Waals surface area contributed by atoms with Crippen molar-refractivity contribution in [2.24, 2.45) is 10.9 Å². The number of esters is 1. The van der Waals surface area contributed by atoms with Crippen molar-refractivity contribution in [3.05, 3.63) is 132 Å². The van der Waals surface area contributed by atoms with Crippen molar-refractivity contribution in [3.8, 4) is 16.9 Å². The number of carbonyl (C=O) groups is 1. The zero-order chi connectivity index (χ0) is 31.7. The molecule has 228 valence electrons. The Morgan fingerprint density at radius 1 is 1.07 bits per heavy atom. The third-order valence-corrected chi connectivity index (χ3v) is 9.64. The number of fused-ring (bicyclic) bond motifs is 1. The van der Waals surface area contributed by atoms with Crippen LogP contribution in [0.1, 0.15) is 37.9 Å². The van der Waals surface area contributed by atoms with Crippen LogP contribution in [-0.4, -0.2) is 33.2 Å². The van der Waals surface area contributed by atoms with E-state index in [-0.39, 0.29) is 18.1 Å². The normalized spacial score (nSPS) is 14.9. The lowest BCUT2D eigenvalue weighted by molar-refractivity contribution is -0.140. The van der Waals surface area contributed by atoms with Crippen LogP contribution in [0.25, 0.3) is 23.0 Å². The number of benzene rings is 3. The molecule has 0 aliphatic carbocycles. The molecule has 3 aromatic carbocycles. The fourth-order valence-corrected chi connectivity index (χ4v) is 6.89. The summed E-state index contributed by atoms with van der Waals surface area (Å²) in [4.78, 5) is 34.2. The van der Waals surface area contributed by atoms with E-state index in [1.54, 1.807) is 16.3 Å². The first-order valence-electron chi connectivity index (χ1n) is 14.5. The zero-order valence-electron chi connectivity index (χ0n) is 25.2. The van der Waals surface area contributed by atoms with Crippen LogP contribution in [-0.2, 0) is 9.53 Å². The highest BCUT2D eigenvalue weighted by Gasteiger charge is 2.33. The van der Waals surface area contributed by atoms with E-state index in [1.165, 1.54) is 11.3 Å². The number of hydrogen-bond donors (Lipinski definition) is 0. The fourth-order valence-electron chi connectivity index (χ4n) is 5.18. The van der Waals surface area contributed by atoms with Crippen LogP contribution in [0.2, 0.25) is 0 Å². The van der Waals surface area contributed by atoms with Gasteiger partial charge in [-0.05, 0) is 67.1 Å². The lowest BCUT2D eigenvalue weighted by Crippen LogP contribution is -2.40. The van der Waals surface area contributed by atoms with Crippen molar-refractivity contribution in [2.45, 2.75) is 31.7 Å². The van der Waals surface area contributed by atoms with Crippen molar-refractivity contribution in [3.63, 3.8) is 0 Å². The minimum atomic E-state index is -0.669. The summed E-state index contributed by atoms with van der Waals surface area (Å²) >= 11 is 6.46. The van der Waals surface area contributed by atoms with Crippen LogP contribution in [0.3, 0.4) is 0 Å². The molecule has 10 heteroatoms. The number of rotatable bonds is 8. The molecule has 6 rings (SSSR count). The second kappa shape index (κ2) is 13.2. The van der Waals surface area contributed by atoms with E-state index in [1.807, 2.05) is 123 Å². The minimum absolute atomic E-state index is 0.173. The van der Waals surface area contributed by atoms with Crippen LogP contribution in [0.15, 0.2) is 115 Å². The molecule has 0 spiro atoms. The molecular formula is C35H31BrN4O3S2. The van der Waals surface area contributed by atoms with Gasteiger partial charge in [0.25, 0.3) is 5.56 Å². The number of thiazole rings is 1. The van der Waals surface area contributed by atoms with E-state index in [9.17, 15) is 9.59 Å². The van der Waals surface area contributed by atoms with E-state index < -0.39 is 12.0 Å². The lowest BCUT2D eigenvalue weighted by atomic mass is 9.96. The average molecular weight is 700 g/mol. The van der Waals surface area contributed by atoms with Gasteiger partial charge < -0.3 is 4.74 Å². The lowest BCUT2D eigenvalue weighted by Gasteiger charge is -2.25. The summed E-state index contributed by atoms with van der Waals surface area (Å²) in [6.45, 7) is 6.07. The highest BCUT2D eigenvalue weighted by molar-refractivity contribution is 9.10. The molecule has 0 amide bonds. The number of halogens is 1. The predicted octanol–water partition coefficient (Wildman–Crippen LogP) is 6.77. The SMILES string of the molecule is CSc1ccc(C2C(C(=O)OCC(C)C)=C(C)N=c3sc(=Cc4cn(-c5ccccc5)nc4-c4ccc(Br)cc4)c(=O)n32)cc1. The first-order chi connectivity index (χ1) is 21.7. The van der Waals surface area contributed by atoms with Gasteiger partial charge in [0, 0.05) is 26.7 Å². The quantitative estimate of drug-likeness (QED) is 0.132. The van der Waals surface area contributed by atoms with Gasteiger partial charge in [0.15, 0.2) is 4.80 Å². The molecule has 0 saturated carbocycles. The monoisotopic (exact) mass is 698 g/mol. The molecule has 45 heavy (non-hydrogen) atoms. The minimum Gasteiger partial charge on any atom is -0.462 e. The van der Waals surface area contributed by atoms with Gasteiger partial charge in [-0.2, -0.15) is 5.10 Å². The molecule has 0 bridgehead atoms. The molecule has 0 fully saturated rings. The molecule has 1 aliphatic rings. The van der Waals surface area contributed by atoms with E-state index in [4.69, 9.17) is 14.8 Å². The maximum Gasteiger partial charge on any atom is 0.338 e. The summed E-state index contributed by atoms with van der Waals surface area (Å²) in [6.07, 6.45) is 5.82. The Morgan fingerprint density at radius 2 is 1.78 bits per heavy atom. The molecule has 5 aromatic rings. The topological polar surface area (TPSA) is 78.5 Å². The molecule has 2 aromatic heterocycles. The number of aromatic nitrogens is 3. The number of thioether (sulfide) groups is 1. The van der Waals surface area contributed by atoms with Crippen LogP contribution in [0.4, 0.5) is 0 Å². The third-order valence-electron chi connectivity index (χ3n) is 7.39. The molecule has 0 radical (unpaired) electrons. The van der Waals surface area contributed by atoms with Gasteiger partial charge in [-0.1, -0.05) is 83.6 Å². The van der Waals surface area contributed by atoms with E-state index >= 15 is 0 Å². The Balaban J connectivity index is 1.53. The van der Waals surface area contributed by atoms with Gasteiger partial charge in [-0.15, -0.1) is 11.8 Å². The number of carbonyl (C=O) groups excluding carboxylic acids is 1. The molecule has 1 unspecified atom stereocenters. The largest absolute Gasteiger partial charge is 0.462 e. The Bertz CT molecular complexity index is 2080. The Labute approximate surface area is 277 Å². The summed E-state index contributed by atoms with van der Waals surface area (Å²) < 4.78 is 10.6. The molecule has 1 aliphatic heterocycles. The van der Waals surface area contributed by atoms with Crippen LogP contribution in [0.5, 0.6) is 0 Å². The highest BCUT2D eigenvalue weighted by Crippen LogP contribution is 2.32. The molecule has 3 heterocycles. The Kier molecular flexibility index (Phi) is 9.07. The first-order valence-corrected chi connectivity index (χ1v) is 17.3. The van der Waals surface area contributed by atoms with Crippen molar-refractivity contribution in [1.29, 1.82) is 0 Å². The van der Waals surface area contributed by atoms with E-state index in [0.717, 1.165) is 37.4 Å². The maximum absolute atomic E-state index is 14.3. The highest BCUT2D eigenvalue weighted by atomic mass is 79.9. The van der Waals surface area contributed by atoms with Gasteiger partial charge in [0.1, 0.15) is 0 Å². The van der Waals surface area contributed by atoms with Crippen molar-refractivity contribution in [2.75, 3.05) is 12.9 Å². The number of ether oxygens (including phenoxy) is 1. The summed E-state index contributed by atoms with van der Waals surface area (Å²) in [6, 6.07) is 25.1. The van der Waals surface area contributed by atoms with Gasteiger partial charge >= 0.3 is 5.97 Å². The van der Waals surface area contributed by atoms with Gasteiger partial charge in [-0.3, -0.25) is 9.36 Å². The second-order valence-electron chi connectivity index (χ2n) is 11.1. The number of allylic oxidation sites excluding steroid dienone is 1. The van der Waals surface area contributed by atoms with E-state index in [0.29, 0.717) is 20.6 Å². The second-order valence-corrected chi connectivity index (χ2v) is 13.9.